The number of carbonyl (C=O) groups excluding carboxylic acids is 2. The minimum atomic E-state index is -0.612. The van der Waals surface area contributed by atoms with E-state index < -0.39 is 5.25 Å². The zero-order valence-electron chi connectivity index (χ0n) is 20.6. The minimum absolute atomic E-state index is 0.0534. The van der Waals surface area contributed by atoms with Crippen LogP contribution in [0, 0.1) is 6.92 Å². The molecule has 8 heteroatoms. The van der Waals surface area contributed by atoms with E-state index in [4.69, 9.17) is 14.5 Å². The van der Waals surface area contributed by atoms with Crippen LogP contribution in [0.15, 0.2) is 77.8 Å². The lowest BCUT2D eigenvalue weighted by Gasteiger charge is -2.32. The largest absolute Gasteiger partial charge is 0.494 e. The maximum Gasteiger partial charge on any atom is 0.238 e. The summed E-state index contributed by atoms with van der Waals surface area (Å²) in [7, 11) is 0. The van der Waals surface area contributed by atoms with Gasteiger partial charge in [0.1, 0.15) is 16.7 Å². The molecule has 1 fully saturated rings. The van der Waals surface area contributed by atoms with E-state index in [1.807, 2.05) is 93.6 Å². The first kappa shape index (κ1) is 25.3. The molecule has 1 heterocycles. The van der Waals surface area contributed by atoms with Crippen LogP contribution in [0.3, 0.4) is 0 Å². The zero-order chi connectivity index (χ0) is 25.5. The molecule has 4 rings (SSSR count). The molecule has 0 spiro atoms. The normalized spacial score (nSPS) is 16.6. The number of carbonyl (C=O) groups is 2. The van der Waals surface area contributed by atoms with E-state index in [0.717, 1.165) is 17.1 Å². The summed E-state index contributed by atoms with van der Waals surface area (Å²) in [6.07, 6.45) is 0.0534. The van der Waals surface area contributed by atoms with Crippen LogP contribution >= 0.6 is 11.8 Å². The highest BCUT2D eigenvalue weighted by Gasteiger charge is 2.37. The number of hydrogen-bond acceptors (Lipinski definition) is 6. The predicted molar refractivity (Wildman–Crippen MR) is 146 cm³/mol. The molecule has 0 radical (unpaired) electrons. The number of thioether (sulfide) groups is 1. The van der Waals surface area contributed by atoms with E-state index >= 15 is 0 Å². The van der Waals surface area contributed by atoms with E-state index in [1.165, 1.54) is 11.8 Å². The number of amides is 2. The van der Waals surface area contributed by atoms with Crippen molar-refractivity contribution >= 4 is 45.8 Å². The third-order valence-corrected chi connectivity index (χ3v) is 6.59. The van der Waals surface area contributed by atoms with Gasteiger partial charge in [-0.25, -0.2) is 4.99 Å². The number of hydrogen-bond donors (Lipinski definition) is 1. The molecule has 1 aliphatic heterocycles. The van der Waals surface area contributed by atoms with Gasteiger partial charge >= 0.3 is 0 Å². The second-order valence-corrected chi connectivity index (χ2v) is 9.31. The maximum atomic E-state index is 13.4. The molecule has 1 aliphatic rings. The van der Waals surface area contributed by atoms with Gasteiger partial charge in [0, 0.05) is 12.1 Å². The van der Waals surface area contributed by atoms with Crippen LogP contribution in [-0.2, 0) is 9.59 Å². The Morgan fingerprint density at radius 1 is 0.944 bits per heavy atom. The van der Waals surface area contributed by atoms with Gasteiger partial charge in [0.2, 0.25) is 11.8 Å². The van der Waals surface area contributed by atoms with Crippen LogP contribution in [0.4, 0.5) is 17.1 Å². The molecule has 1 saturated heterocycles. The molecule has 186 valence electrons. The van der Waals surface area contributed by atoms with Crippen LogP contribution in [-0.4, -0.2) is 35.4 Å². The van der Waals surface area contributed by atoms with Gasteiger partial charge in [-0.05, 0) is 81.4 Å². The molecule has 0 saturated carbocycles. The maximum absolute atomic E-state index is 13.4. The topological polar surface area (TPSA) is 80.2 Å². The highest BCUT2D eigenvalue weighted by atomic mass is 32.2. The summed E-state index contributed by atoms with van der Waals surface area (Å²) in [6.45, 7) is 6.96. The molecule has 36 heavy (non-hydrogen) atoms. The number of amidine groups is 1. The molecule has 3 aromatic rings. The first-order chi connectivity index (χ1) is 17.5. The molecule has 0 aliphatic carbocycles. The van der Waals surface area contributed by atoms with E-state index in [0.29, 0.717) is 35.4 Å². The van der Waals surface area contributed by atoms with Gasteiger partial charge in [0.25, 0.3) is 0 Å². The van der Waals surface area contributed by atoms with Gasteiger partial charge in [0.05, 0.1) is 24.6 Å². The lowest BCUT2D eigenvalue weighted by Crippen LogP contribution is -2.45. The second kappa shape index (κ2) is 11.8. The van der Waals surface area contributed by atoms with E-state index in [-0.39, 0.29) is 18.2 Å². The summed E-state index contributed by atoms with van der Waals surface area (Å²) in [4.78, 5) is 32.8. The van der Waals surface area contributed by atoms with Gasteiger partial charge < -0.3 is 14.8 Å². The van der Waals surface area contributed by atoms with Crippen LogP contribution in [0.1, 0.15) is 25.8 Å². The van der Waals surface area contributed by atoms with E-state index in [9.17, 15) is 9.59 Å². The van der Waals surface area contributed by atoms with Crippen LogP contribution in [0.2, 0.25) is 0 Å². The van der Waals surface area contributed by atoms with Gasteiger partial charge in [-0.2, -0.15) is 0 Å². The fourth-order valence-electron chi connectivity index (χ4n) is 3.67. The molecular formula is C28H29N3O4S. The van der Waals surface area contributed by atoms with Crippen molar-refractivity contribution < 1.29 is 19.1 Å². The number of nitrogens with one attached hydrogen (secondary N) is 1. The summed E-state index contributed by atoms with van der Waals surface area (Å²) in [5.74, 6) is 1.03. The number of nitrogens with zero attached hydrogens (tertiary/aromatic N) is 2. The molecule has 3 aromatic carbocycles. The van der Waals surface area contributed by atoms with Crippen LogP contribution in [0.5, 0.6) is 11.5 Å². The van der Waals surface area contributed by atoms with Crippen molar-refractivity contribution in [3.8, 4) is 11.5 Å². The highest BCUT2D eigenvalue weighted by molar-refractivity contribution is 8.15. The molecule has 7 nitrogen and oxygen atoms in total. The summed E-state index contributed by atoms with van der Waals surface area (Å²) in [6, 6.07) is 22.2. The molecular weight excluding hydrogens is 474 g/mol. The standard InChI is InChI=1S/C28H29N3O4S/c1-4-34-23-14-10-21(11-15-23)30-28-31(22-12-16-24(17-13-22)35-5-2)26(32)18-25(36-28)27(33)29-20-8-6-19(3)7-9-20/h6-17,25H,4-5,18H2,1-3H3,(H,29,33). The van der Waals surface area contributed by atoms with Crippen molar-refractivity contribution in [3.63, 3.8) is 0 Å². The quantitative estimate of drug-likeness (QED) is 0.410. The number of ether oxygens (including phenoxy) is 2. The van der Waals surface area contributed by atoms with E-state index in [2.05, 4.69) is 5.32 Å². The number of benzene rings is 3. The Kier molecular flexibility index (Phi) is 8.28. The average Bonchev–Trinajstić information content (AvgIpc) is 2.87. The highest BCUT2D eigenvalue weighted by Crippen LogP contribution is 2.34. The molecule has 0 aromatic heterocycles. The third-order valence-electron chi connectivity index (χ3n) is 5.44. The SMILES string of the molecule is CCOc1ccc(N=C2SC(C(=O)Nc3ccc(C)cc3)CC(=O)N2c2ccc(OCC)cc2)cc1. The molecule has 1 atom stereocenters. The monoisotopic (exact) mass is 503 g/mol. The van der Waals surface area contributed by atoms with Crippen LogP contribution in [0.25, 0.3) is 0 Å². The van der Waals surface area contributed by atoms with Crippen molar-refractivity contribution in [3.05, 3.63) is 78.4 Å². The summed E-state index contributed by atoms with van der Waals surface area (Å²) >= 11 is 1.27. The smallest absolute Gasteiger partial charge is 0.238 e. The van der Waals surface area contributed by atoms with Crippen molar-refractivity contribution in [2.75, 3.05) is 23.4 Å². The Balaban J connectivity index is 1.62. The molecule has 2 amide bonds. The zero-order valence-corrected chi connectivity index (χ0v) is 21.4. The third kappa shape index (κ3) is 6.26. The van der Waals surface area contributed by atoms with Crippen molar-refractivity contribution in [1.29, 1.82) is 0 Å². The molecule has 1 unspecified atom stereocenters. The lowest BCUT2D eigenvalue weighted by molar-refractivity contribution is -0.121. The fourth-order valence-corrected chi connectivity index (χ4v) is 4.78. The Morgan fingerprint density at radius 3 is 2.11 bits per heavy atom. The van der Waals surface area contributed by atoms with Gasteiger partial charge in [-0.15, -0.1) is 0 Å². The summed E-state index contributed by atoms with van der Waals surface area (Å²) in [5, 5.41) is 2.74. The van der Waals surface area contributed by atoms with Gasteiger partial charge in [0.15, 0.2) is 5.17 Å². The average molecular weight is 504 g/mol. The second-order valence-electron chi connectivity index (χ2n) is 8.14. The molecule has 0 bridgehead atoms. The predicted octanol–water partition coefficient (Wildman–Crippen LogP) is 5.96. The van der Waals surface area contributed by atoms with Crippen molar-refractivity contribution in [2.45, 2.75) is 32.4 Å². The summed E-state index contributed by atoms with van der Waals surface area (Å²) < 4.78 is 11.1. The first-order valence-electron chi connectivity index (χ1n) is 11.9. The van der Waals surface area contributed by atoms with Gasteiger partial charge in [-0.1, -0.05) is 29.5 Å². The number of anilines is 2. The van der Waals surface area contributed by atoms with Crippen molar-refractivity contribution in [1.82, 2.24) is 0 Å². The Bertz CT molecular complexity index is 1230. The van der Waals surface area contributed by atoms with Crippen LogP contribution < -0.4 is 19.7 Å². The Labute approximate surface area is 215 Å². The number of aliphatic imine (C=N–C) groups is 1. The van der Waals surface area contributed by atoms with Gasteiger partial charge in [-0.3, -0.25) is 14.5 Å². The summed E-state index contributed by atoms with van der Waals surface area (Å²) in [5.41, 5.74) is 3.12. The Morgan fingerprint density at radius 2 is 1.53 bits per heavy atom. The minimum Gasteiger partial charge on any atom is -0.494 e. The fraction of sp³-hybridized carbons (Fsp3) is 0.250. The lowest BCUT2D eigenvalue weighted by atomic mass is 10.2. The van der Waals surface area contributed by atoms with E-state index in [1.54, 1.807) is 4.90 Å². The number of aryl methyl sites for hydroxylation is 1. The molecule has 1 N–H and O–H groups in total. The number of rotatable bonds is 8. The first-order valence-corrected chi connectivity index (χ1v) is 12.8. The van der Waals surface area contributed by atoms with Crippen molar-refractivity contribution in [2.24, 2.45) is 4.99 Å². The Hall–Kier alpha value is -3.78.